The molecule has 0 fully saturated rings. The van der Waals surface area contributed by atoms with Crippen molar-refractivity contribution in [1.29, 1.82) is 0 Å². The first kappa shape index (κ1) is 13.4. The van der Waals surface area contributed by atoms with Crippen LogP contribution in [0, 0.1) is 6.92 Å². The van der Waals surface area contributed by atoms with Gasteiger partial charge in [0.05, 0.1) is 12.6 Å². The van der Waals surface area contributed by atoms with E-state index in [2.05, 4.69) is 11.4 Å². The third-order valence-corrected chi connectivity index (χ3v) is 3.07. The fraction of sp³-hybridized carbons (Fsp3) is 0.312. The van der Waals surface area contributed by atoms with E-state index in [4.69, 9.17) is 4.74 Å². The monoisotopic (exact) mass is 257 g/mol. The number of hydrogen-bond donors (Lipinski definition) is 1. The number of amides is 1. The SMILES string of the molecule is C/C=C/C=C/C(=O)NC1CCOc2ccc(C)cc21. The first-order valence-electron chi connectivity index (χ1n) is 6.54. The van der Waals surface area contributed by atoms with Gasteiger partial charge >= 0.3 is 0 Å². The largest absolute Gasteiger partial charge is 0.493 e. The van der Waals surface area contributed by atoms with Gasteiger partial charge in [-0.1, -0.05) is 35.9 Å². The Labute approximate surface area is 114 Å². The lowest BCUT2D eigenvalue weighted by Gasteiger charge is -2.26. The number of ether oxygens (including phenoxy) is 1. The van der Waals surface area contributed by atoms with Crippen molar-refractivity contribution < 1.29 is 9.53 Å². The zero-order valence-electron chi connectivity index (χ0n) is 11.3. The van der Waals surface area contributed by atoms with Crippen molar-refractivity contribution in [1.82, 2.24) is 5.32 Å². The van der Waals surface area contributed by atoms with E-state index < -0.39 is 0 Å². The molecule has 100 valence electrons. The molecule has 1 unspecified atom stereocenters. The Bertz CT molecular complexity index is 517. The van der Waals surface area contributed by atoms with E-state index in [0.29, 0.717) is 6.61 Å². The minimum absolute atomic E-state index is 0.0337. The summed E-state index contributed by atoms with van der Waals surface area (Å²) in [5.41, 5.74) is 2.24. The van der Waals surface area contributed by atoms with Crippen LogP contribution < -0.4 is 10.1 Å². The van der Waals surface area contributed by atoms with Crippen molar-refractivity contribution in [2.45, 2.75) is 26.3 Å². The quantitative estimate of drug-likeness (QED) is 0.667. The van der Waals surface area contributed by atoms with Gasteiger partial charge in [-0.25, -0.2) is 0 Å². The lowest BCUT2D eigenvalue weighted by molar-refractivity contribution is -0.117. The summed E-state index contributed by atoms with van der Waals surface area (Å²) in [5, 5.41) is 3.02. The number of hydrogen-bond acceptors (Lipinski definition) is 2. The summed E-state index contributed by atoms with van der Waals surface area (Å²) in [5.74, 6) is 0.803. The summed E-state index contributed by atoms with van der Waals surface area (Å²) in [6.07, 6.45) is 7.81. The average molecular weight is 257 g/mol. The maximum Gasteiger partial charge on any atom is 0.244 e. The molecule has 0 spiro atoms. The maximum atomic E-state index is 11.8. The van der Waals surface area contributed by atoms with E-state index in [1.165, 1.54) is 5.56 Å². The van der Waals surface area contributed by atoms with Crippen LogP contribution in [0.15, 0.2) is 42.5 Å². The average Bonchev–Trinajstić information content (AvgIpc) is 2.40. The minimum Gasteiger partial charge on any atom is -0.493 e. The van der Waals surface area contributed by atoms with E-state index in [1.807, 2.05) is 38.1 Å². The summed E-state index contributed by atoms with van der Waals surface area (Å²) in [6, 6.07) is 6.11. The molecular weight excluding hydrogens is 238 g/mol. The molecule has 3 heteroatoms. The fourth-order valence-electron chi connectivity index (χ4n) is 2.14. The first-order chi connectivity index (χ1) is 9.20. The molecule has 0 saturated carbocycles. The molecule has 1 aromatic carbocycles. The van der Waals surface area contributed by atoms with Gasteiger partial charge in [-0.05, 0) is 19.9 Å². The Kier molecular flexibility index (Phi) is 4.39. The molecule has 0 aromatic heterocycles. The van der Waals surface area contributed by atoms with Crippen molar-refractivity contribution in [2.24, 2.45) is 0 Å². The van der Waals surface area contributed by atoms with Crippen LogP contribution in [0.5, 0.6) is 5.75 Å². The topological polar surface area (TPSA) is 38.3 Å². The standard InChI is InChI=1S/C16H19NO2/c1-3-4-5-6-16(18)17-14-9-10-19-15-8-7-12(2)11-13(14)15/h3-8,11,14H,9-10H2,1-2H3,(H,17,18)/b4-3+,6-5+. The molecule has 2 rings (SSSR count). The third-order valence-electron chi connectivity index (χ3n) is 3.07. The van der Waals surface area contributed by atoms with Crippen molar-refractivity contribution in [3.8, 4) is 5.75 Å². The number of carbonyl (C=O) groups excluding carboxylic acids is 1. The molecule has 1 heterocycles. The number of benzene rings is 1. The minimum atomic E-state index is -0.0718. The van der Waals surface area contributed by atoms with E-state index in [0.717, 1.165) is 17.7 Å². The molecule has 1 amide bonds. The molecule has 1 aliphatic rings. The third kappa shape index (κ3) is 3.47. The van der Waals surface area contributed by atoms with Crippen molar-refractivity contribution in [3.05, 3.63) is 53.6 Å². The van der Waals surface area contributed by atoms with E-state index >= 15 is 0 Å². The number of allylic oxidation sites excluding steroid dienone is 3. The Morgan fingerprint density at radius 1 is 1.42 bits per heavy atom. The summed E-state index contributed by atoms with van der Waals surface area (Å²) < 4.78 is 5.61. The predicted molar refractivity (Wildman–Crippen MR) is 76.1 cm³/mol. The highest BCUT2D eigenvalue weighted by atomic mass is 16.5. The summed E-state index contributed by atoms with van der Waals surface area (Å²) >= 11 is 0. The molecule has 0 bridgehead atoms. The van der Waals surface area contributed by atoms with Crippen LogP contribution in [-0.2, 0) is 4.79 Å². The molecular formula is C16H19NO2. The Balaban J connectivity index is 2.11. The van der Waals surface area contributed by atoms with Gasteiger partial charge in [0.25, 0.3) is 0 Å². The summed E-state index contributed by atoms with van der Waals surface area (Å²) in [7, 11) is 0. The van der Waals surface area contributed by atoms with E-state index in [1.54, 1.807) is 12.2 Å². The molecule has 1 aromatic rings. The van der Waals surface area contributed by atoms with Crippen LogP contribution in [0.2, 0.25) is 0 Å². The number of fused-ring (bicyclic) bond motifs is 1. The molecule has 1 atom stereocenters. The highest BCUT2D eigenvalue weighted by Crippen LogP contribution is 2.32. The van der Waals surface area contributed by atoms with Gasteiger partial charge in [-0.15, -0.1) is 0 Å². The van der Waals surface area contributed by atoms with Crippen molar-refractivity contribution in [3.63, 3.8) is 0 Å². The number of aryl methyl sites for hydroxylation is 1. The van der Waals surface area contributed by atoms with Gasteiger partial charge in [0.1, 0.15) is 5.75 Å². The van der Waals surface area contributed by atoms with Crippen LogP contribution in [0.3, 0.4) is 0 Å². The van der Waals surface area contributed by atoms with Gasteiger partial charge in [-0.3, -0.25) is 4.79 Å². The number of rotatable bonds is 3. The van der Waals surface area contributed by atoms with Crippen LogP contribution in [-0.4, -0.2) is 12.5 Å². The smallest absolute Gasteiger partial charge is 0.244 e. The van der Waals surface area contributed by atoms with Crippen LogP contribution >= 0.6 is 0 Å². The summed E-state index contributed by atoms with van der Waals surface area (Å²) in [4.78, 5) is 11.8. The molecule has 3 nitrogen and oxygen atoms in total. The zero-order chi connectivity index (χ0) is 13.7. The molecule has 19 heavy (non-hydrogen) atoms. The zero-order valence-corrected chi connectivity index (χ0v) is 11.3. The van der Waals surface area contributed by atoms with Gasteiger partial charge in [-0.2, -0.15) is 0 Å². The second-order valence-electron chi connectivity index (χ2n) is 4.62. The molecule has 1 N–H and O–H groups in total. The molecule has 0 radical (unpaired) electrons. The lowest BCUT2D eigenvalue weighted by Crippen LogP contribution is -2.31. The van der Waals surface area contributed by atoms with Crippen molar-refractivity contribution in [2.75, 3.05) is 6.61 Å². The van der Waals surface area contributed by atoms with Gasteiger partial charge in [0, 0.05) is 18.1 Å². The fourth-order valence-corrected chi connectivity index (χ4v) is 2.14. The second-order valence-corrected chi connectivity index (χ2v) is 4.62. The van der Waals surface area contributed by atoms with E-state index in [-0.39, 0.29) is 11.9 Å². The van der Waals surface area contributed by atoms with Crippen LogP contribution in [0.4, 0.5) is 0 Å². The Morgan fingerprint density at radius 2 is 2.26 bits per heavy atom. The number of carbonyl (C=O) groups is 1. The highest BCUT2D eigenvalue weighted by Gasteiger charge is 2.22. The predicted octanol–water partition coefficient (Wildman–Crippen LogP) is 3.07. The van der Waals surface area contributed by atoms with Gasteiger partial charge in [0.2, 0.25) is 5.91 Å². The summed E-state index contributed by atoms with van der Waals surface area (Å²) in [6.45, 7) is 4.60. The molecule has 0 aliphatic carbocycles. The van der Waals surface area contributed by atoms with Gasteiger partial charge < -0.3 is 10.1 Å². The van der Waals surface area contributed by atoms with E-state index in [9.17, 15) is 4.79 Å². The van der Waals surface area contributed by atoms with Crippen molar-refractivity contribution >= 4 is 5.91 Å². The number of nitrogens with one attached hydrogen (secondary N) is 1. The van der Waals surface area contributed by atoms with Gasteiger partial charge in [0.15, 0.2) is 0 Å². The Morgan fingerprint density at radius 3 is 3.05 bits per heavy atom. The highest BCUT2D eigenvalue weighted by molar-refractivity contribution is 5.88. The van der Waals surface area contributed by atoms with Crippen LogP contribution in [0.1, 0.15) is 30.5 Å². The Hall–Kier alpha value is -2.03. The first-order valence-corrected chi connectivity index (χ1v) is 6.54. The molecule has 0 saturated heterocycles. The normalized spacial score (nSPS) is 18.3. The maximum absolute atomic E-state index is 11.8. The second kappa shape index (κ2) is 6.23. The molecule has 1 aliphatic heterocycles. The lowest BCUT2D eigenvalue weighted by atomic mass is 9.98. The van der Waals surface area contributed by atoms with Crippen LogP contribution in [0.25, 0.3) is 0 Å².